The SMILES string of the molecule is C=CC(=O)Nc1ccnc(-c2ccccc2)c1. The highest BCUT2D eigenvalue weighted by atomic mass is 16.1. The molecule has 1 aromatic heterocycles. The average Bonchev–Trinajstić information content (AvgIpc) is 2.40. The van der Waals surface area contributed by atoms with Crippen LogP contribution < -0.4 is 5.32 Å². The van der Waals surface area contributed by atoms with Gasteiger partial charge in [0, 0.05) is 17.4 Å². The summed E-state index contributed by atoms with van der Waals surface area (Å²) in [7, 11) is 0. The molecular formula is C14H12N2O. The first kappa shape index (κ1) is 11.1. The van der Waals surface area contributed by atoms with Gasteiger partial charge in [0.2, 0.25) is 5.91 Å². The second-order valence-electron chi connectivity index (χ2n) is 3.49. The molecule has 0 aliphatic carbocycles. The van der Waals surface area contributed by atoms with E-state index >= 15 is 0 Å². The van der Waals surface area contributed by atoms with E-state index in [9.17, 15) is 4.79 Å². The standard InChI is InChI=1S/C14H12N2O/c1-2-14(17)16-12-8-9-15-13(10-12)11-6-4-3-5-7-11/h2-10H,1H2,(H,15,16,17). The molecule has 1 aromatic carbocycles. The largest absolute Gasteiger partial charge is 0.322 e. The summed E-state index contributed by atoms with van der Waals surface area (Å²) in [5, 5.41) is 2.70. The number of rotatable bonds is 3. The Bertz CT molecular complexity index is 535. The van der Waals surface area contributed by atoms with Crippen molar-refractivity contribution in [2.75, 3.05) is 5.32 Å². The first-order valence-corrected chi connectivity index (χ1v) is 5.24. The number of carbonyl (C=O) groups is 1. The summed E-state index contributed by atoms with van der Waals surface area (Å²) in [5.74, 6) is -0.227. The molecule has 84 valence electrons. The maximum atomic E-state index is 11.2. The number of anilines is 1. The van der Waals surface area contributed by atoms with Gasteiger partial charge in [0.1, 0.15) is 0 Å². The molecular weight excluding hydrogens is 212 g/mol. The van der Waals surface area contributed by atoms with E-state index in [2.05, 4.69) is 16.9 Å². The van der Waals surface area contributed by atoms with Crippen LogP contribution in [-0.2, 0) is 4.79 Å². The summed E-state index contributed by atoms with van der Waals surface area (Å²) >= 11 is 0. The van der Waals surface area contributed by atoms with E-state index in [0.29, 0.717) is 5.69 Å². The lowest BCUT2D eigenvalue weighted by molar-refractivity contribution is -0.111. The summed E-state index contributed by atoms with van der Waals surface area (Å²) < 4.78 is 0. The highest BCUT2D eigenvalue weighted by molar-refractivity contribution is 5.99. The van der Waals surface area contributed by atoms with Gasteiger partial charge in [-0.05, 0) is 18.2 Å². The second-order valence-corrected chi connectivity index (χ2v) is 3.49. The molecule has 0 unspecified atom stereocenters. The highest BCUT2D eigenvalue weighted by Gasteiger charge is 2.01. The van der Waals surface area contributed by atoms with Crippen molar-refractivity contribution in [3.8, 4) is 11.3 Å². The Morgan fingerprint density at radius 2 is 2.00 bits per heavy atom. The summed E-state index contributed by atoms with van der Waals surface area (Å²) in [6.07, 6.45) is 2.91. The van der Waals surface area contributed by atoms with Crippen molar-refractivity contribution in [1.29, 1.82) is 0 Å². The van der Waals surface area contributed by atoms with Crippen molar-refractivity contribution in [2.24, 2.45) is 0 Å². The first-order chi connectivity index (χ1) is 8.29. The Hall–Kier alpha value is -2.42. The maximum absolute atomic E-state index is 11.2. The number of pyridine rings is 1. The Labute approximate surface area is 99.8 Å². The van der Waals surface area contributed by atoms with E-state index in [1.165, 1.54) is 6.08 Å². The van der Waals surface area contributed by atoms with Gasteiger partial charge in [0.25, 0.3) is 0 Å². The molecule has 0 bridgehead atoms. The number of amides is 1. The molecule has 2 rings (SSSR count). The Kier molecular flexibility index (Phi) is 3.31. The topological polar surface area (TPSA) is 42.0 Å². The van der Waals surface area contributed by atoms with Gasteiger partial charge >= 0.3 is 0 Å². The number of nitrogens with one attached hydrogen (secondary N) is 1. The Balaban J connectivity index is 2.29. The lowest BCUT2D eigenvalue weighted by Crippen LogP contribution is -2.07. The number of hydrogen-bond acceptors (Lipinski definition) is 2. The van der Waals surface area contributed by atoms with Crippen molar-refractivity contribution >= 4 is 11.6 Å². The minimum atomic E-state index is -0.227. The van der Waals surface area contributed by atoms with Crippen LogP contribution in [0.3, 0.4) is 0 Å². The van der Waals surface area contributed by atoms with Crippen LogP contribution >= 0.6 is 0 Å². The second kappa shape index (κ2) is 5.07. The summed E-state index contributed by atoms with van der Waals surface area (Å²) in [4.78, 5) is 15.4. The van der Waals surface area contributed by atoms with Crippen LogP contribution in [0.4, 0.5) is 5.69 Å². The first-order valence-electron chi connectivity index (χ1n) is 5.24. The molecule has 3 heteroatoms. The van der Waals surface area contributed by atoms with Crippen LogP contribution in [0.25, 0.3) is 11.3 Å². The van der Waals surface area contributed by atoms with Crippen LogP contribution in [-0.4, -0.2) is 10.9 Å². The Morgan fingerprint density at radius 1 is 1.24 bits per heavy atom. The van der Waals surface area contributed by atoms with Gasteiger partial charge in [-0.2, -0.15) is 0 Å². The van der Waals surface area contributed by atoms with Crippen molar-refractivity contribution in [2.45, 2.75) is 0 Å². The third-order valence-electron chi connectivity index (χ3n) is 2.28. The Morgan fingerprint density at radius 3 is 2.71 bits per heavy atom. The van der Waals surface area contributed by atoms with Crippen LogP contribution in [0.15, 0.2) is 61.3 Å². The minimum Gasteiger partial charge on any atom is -0.322 e. The fourth-order valence-corrected chi connectivity index (χ4v) is 1.47. The molecule has 0 saturated heterocycles. The van der Waals surface area contributed by atoms with E-state index in [1.807, 2.05) is 36.4 Å². The van der Waals surface area contributed by atoms with Gasteiger partial charge in [-0.3, -0.25) is 9.78 Å². The smallest absolute Gasteiger partial charge is 0.247 e. The molecule has 0 saturated carbocycles. The molecule has 1 amide bonds. The van der Waals surface area contributed by atoms with E-state index in [0.717, 1.165) is 11.3 Å². The number of aromatic nitrogens is 1. The van der Waals surface area contributed by atoms with Gasteiger partial charge < -0.3 is 5.32 Å². The predicted molar refractivity (Wildman–Crippen MR) is 68.5 cm³/mol. The molecule has 17 heavy (non-hydrogen) atoms. The maximum Gasteiger partial charge on any atom is 0.247 e. The monoisotopic (exact) mass is 224 g/mol. The van der Waals surface area contributed by atoms with Gasteiger partial charge in [0.15, 0.2) is 0 Å². The summed E-state index contributed by atoms with van der Waals surface area (Å²) in [6, 6.07) is 13.4. The highest BCUT2D eigenvalue weighted by Crippen LogP contribution is 2.19. The van der Waals surface area contributed by atoms with E-state index in [1.54, 1.807) is 12.3 Å². The van der Waals surface area contributed by atoms with Crippen LogP contribution in [0, 0.1) is 0 Å². The summed E-state index contributed by atoms with van der Waals surface area (Å²) in [6.45, 7) is 3.41. The molecule has 0 spiro atoms. The summed E-state index contributed by atoms with van der Waals surface area (Å²) in [5.41, 5.74) is 2.55. The molecule has 0 fully saturated rings. The zero-order chi connectivity index (χ0) is 12.1. The molecule has 0 radical (unpaired) electrons. The number of benzene rings is 1. The lowest BCUT2D eigenvalue weighted by Gasteiger charge is -2.04. The van der Waals surface area contributed by atoms with Gasteiger partial charge in [0.05, 0.1) is 5.69 Å². The molecule has 0 atom stereocenters. The lowest BCUT2D eigenvalue weighted by atomic mass is 10.1. The fraction of sp³-hybridized carbons (Fsp3) is 0. The van der Waals surface area contributed by atoms with Gasteiger partial charge in [-0.1, -0.05) is 36.9 Å². The van der Waals surface area contributed by atoms with Crippen molar-refractivity contribution < 1.29 is 4.79 Å². The zero-order valence-corrected chi connectivity index (χ0v) is 9.26. The molecule has 1 heterocycles. The third-order valence-corrected chi connectivity index (χ3v) is 2.28. The molecule has 2 aromatic rings. The fourth-order valence-electron chi connectivity index (χ4n) is 1.47. The van der Waals surface area contributed by atoms with Crippen LogP contribution in [0.5, 0.6) is 0 Å². The molecule has 1 N–H and O–H groups in total. The third kappa shape index (κ3) is 2.78. The quantitative estimate of drug-likeness (QED) is 0.814. The van der Waals surface area contributed by atoms with Crippen LogP contribution in [0.2, 0.25) is 0 Å². The van der Waals surface area contributed by atoms with Crippen LogP contribution in [0.1, 0.15) is 0 Å². The molecule has 0 aliphatic heterocycles. The van der Waals surface area contributed by atoms with E-state index in [-0.39, 0.29) is 5.91 Å². The molecule has 0 aliphatic rings. The van der Waals surface area contributed by atoms with E-state index in [4.69, 9.17) is 0 Å². The molecule has 3 nitrogen and oxygen atoms in total. The number of carbonyl (C=O) groups excluding carboxylic acids is 1. The minimum absolute atomic E-state index is 0.227. The average molecular weight is 224 g/mol. The van der Waals surface area contributed by atoms with Gasteiger partial charge in [-0.25, -0.2) is 0 Å². The number of hydrogen-bond donors (Lipinski definition) is 1. The van der Waals surface area contributed by atoms with Crippen molar-refractivity contribution in [3.63, 3.8) is 0 Å². The normalized spacial score (nSPS) is 9.65. The van der Waals surface area contributed by atoms with E-state index < -0.39 is 0 Å². The van der Waals surface area contributed by atoms with Crippen molar-refractivity contribution in [1.82, 2.24) is 4.98 Å². The predicted octanol–water partition coefficient (Wildman–Crippen LogP) is 2.87. The zero-order valence-electron chi connectivity index (χ0n) is 9.26. The van der Waals surface area contributed by atoms with Crippen molar-refractivity contribution in [3.05, 3.63) is 61.3 Å². The van der Waals surface area contributed by atoms with Gasteiger partial charge in [-0.15, -0.1) is 0 Å². The number of nitrogens with zero attached hydrogens (tertiary/aromatic N) is 1.